The molecule has 0 radical (unpaired) electrons. The molecule has 1 aromatic rings. The molecule has 0 aliphatic carbocycles. The van der Waals surface area contributed by atoms with E-state index in [1.807, 2.05) is 6.92 Å². The Bertz CT molecular complexity index is 375. The highest BCUT2D eigenvalue weighted by atomic mass is 32.1. The summed E-state index contributed by atoms with van der Waals surface area (Å²) in [4.78, 5) is 15.5. The molecular formula is C8H13N5OS. The van der Waals surface area contributed by atoms with Crippen molar-refractivity contribution in [1.29, 1.82) is 0 Å². The van der Waals surface area contributed by atoms with Crippen molar-refractivity contribution >= 4 is 23.1 Å². The van der Waals surface area contributed by atoms with Crippen LogP contribution in [-0.2, 0) is 4.79 Å². The van der Waals surface area contributed by atoms with E-state index in [0.717, 1.165) is 0 Å². The Morgan fingerprint density at radius 3 is 2.93 bits per heavy atom. The van der Waals surface area contributed by atoms with Crippen molar-refractivity contribution in [3.8, 4) is 0 Å². The lowest BCUT2D eigenvalue weighted by Gasteiger charge is -2.10. The predicted octanol–water partition coefficient (Wildman–Crippen LogP) is -0.391. The molecule has 0 bridgehead atoms. The number of rotatable bonds is 4. The highest BCUT2D eigenvalue weighted by Crippen LogP contribution is 2.03. The third kappa shape index (κ3) is 2.72. The summed E-state index contributed by atoms with van der Waals surface area (Å²) in [6, 6.07) is -0.416. The summed E-state index contributed by atoms with van der Waals surface area (Å²) >= 11 is 4.72. The van der Waals surface area contributed by atoms with E-state index in [-0.39, 0.29) is 16.7 Å². The van der Waals surface area contributed by atoms with Gasteiger partial charge in [-0.25, -0.2) is 9.67 Å². The number of nitrogens with one attached hydrogen (secondary N) is 1. The van der Waals surface area contributed by atoms with E-state index in [2.05, 4.69) is 15.4 Å². The van der Waals surface area contributed by atoms with Crippen LogP contribution in [0.3, 0.4) is 0 Å². The number of thiocarbonyl (C=S) groups is 1. The maximum Gasteiger partial charge on any atom is 0.244 e. The summed E-state index contributed by atoms with van der Waals surface area (Å²) in [7, 11) is 0. The molecule has 15 heavy (non-hydrogen) atoms. The van der Waals surface area contributed by atoms with Crippen LogP contribution in [0.4, 0.5) is 0 Å². The molecule has 3 N–H and O–H groups in total. The van der Waals surface area contributed by atoms with Gasteiger partial charge in [0.25, 0.3) is 0 Å². The lowest BCUT2D eigenvalue weighted by atomic mass is 10.3. The van der Waals surface area contributed by atoms with Crippen LogP contribution in [0.1, 0.15) is 25.7 Å². The molecule has 1 amide bonds. The lowest BCUT2D eigenvalue weighted by molar-refractivity contribution is -0.124. The first kappa shape index (κ1) is 11.6. The Kier molecular flexibility index (Phi) is 3.73. The van der Waals surface area contributed by atoms with Crippen LogP contribution < -0.4 is 11.1 Å². The first-order chi connectivity index (χ1) is 7.06. The summed E-state index contributed by atoms with van der Waals surface area (Å²) in [6.07, 6.45) is 1.44. The van der Waals surface area contributed by atoms with Crippen molar-refractivity contribution in [2.24, 2.45) is 5.73 Å². The minimum Gasteiger partial charge on any atom is -0.387 e. The van der Waals surface area contributed by atoms with E-state index in [0.29, 0.717) is 6.54 Å². The molecular weight excluding hydrogens is 214 g/mol. The number of aromatic nitrogens is 3. The largest absolute Gasteiger partial charge is 0.387 e. The van der Waals surface area contributed by atoms with Gasteiger partial charge in [0.05, 0.1) is 0 Å². The second-order valence-electron chi connectivity index (χ2n) is 2.98. The van der Waals surface area contributed by atoms with Crippen molar-refractivity contribution in [1.82, 2.24) is 20.1 Å². The van der Waals surface area contributed by atoms with Crippen molar-refractivity contribution < 1.29 is 4.79 Å². The van der Waals surface area contributed by atoms with E-state index in [4.69, 9.17) is 18.0 Å². The molecule has 0 saturated carbocycles. The molecule has 1 atom stereocenters. The van der Waals surface area contributed by atoms with E-state index >= 15 is 0 Å². The molecule has 1 heterocycles. The molecule has 0 fully saturated rings. The normalized spacial score (nSPS) is 12.1. The second kappa shape index (κ2) is 4.83. The Morgan fingerprint density at radius 2 is 2.47 bits per heavy atom. The summed E-state index contributed by atoms with van der Waals surface area (Å²) in [6.45, 7) is 4.16. The Hall–Kier alpha value is -1.50. The molecule has 0 spiro atoms. The number of hydrogen-bond acceptors (Lipinski definition) is 4. The van der Waals surface area contributed by atoms with E-state index < -0.39 is 6.04 Å². The molecule has 0 aliphatic heterocycles. The van der Waals surface area contributed by atoms with Gasteiger partial charge in [0.2, 0.25) is 11.7 Å². The minimum atomic E-state index is -0.416. The number of hydrogen-bond donors (Lipinski definition) is 2. The van der Waals surface area contributed by atoms with Gasteiger partial charge >= 0.3 is 0 Å². The lowest BCUT2D eigenvalue weighted by Crippen LogP contribution is -2.31. The van der Waals surface area contributed by atoms with Crippen LogP contribution in [0.5, 0.6) is 0 Å². The van der Waals surface area contributed by atoms with Gasteiger partial charge in [-0.3, -0.25) is 4.79 Å². The maximum atomic E-state index is 11.5. The molecule has 1 aromatic heterocycles. The average molecular weight is 227 g/mol. The quantitative estimate of drug-likeness (QED) is 0.684. The van der Waals surface area contributed by atoms with Gasteiger partial charge in [-0.1, -0.05) is 12.2 Å². The van der Waals surface area contributed by atoms with Crippen LogP contribution in [-0.4, -0.2) is 32.2 Å². The van der Waals surface area contributed by atoms with E-state index in [1.54, 1.807) is 6.92 Å². The van der Waals surface area contributed by atoms with Crippen molar-refractivity contribution in [3.63, 3.8) is 0 Å². The maximum absolute atomic E-state index is 11.5. The van der Waals surface area contributed by atoms with Gasteiger partial charge in [-0.05, 0) is 13.8 Å². The smallest absolute Gasteiger partial charge is 0.244 e. The molecule has 82 valence electrons. The summed E-state index contributed by atoms with van der Waals surface area (Å²) < 4.78 is 1.43. The van der Waals surface area contributed by atoms with Crippen LogP contribution in [0.15, 0.2) is 6.33 Å². The Balaban J connectivity index is 2.78. The SMILES string of the molecule is CCNC(=O)C(C)n1cnc(C(N)=S)n1. The molecule has 0 aromatic carbocycles. The number of carbonyl (C=O) groups excluding carboxylic acids is 1. The number of nitrogens with two attached hydrogens (primary N) is 1. The van der Waals surface area contributed by atoms with Gasteiger partial charge in [-0.15, -0.1) is 5.10 Å². The van der Waals surface area contributed by atoms with Crippen molar-refractivity contribution in [3.05, 3.63) is 12.2 Å². The molecule has 6 nitrogen and oxygen atoms in total. The standard InChI is InChI=1S/C8H13N5OS/c1-3-10-8(14)5(2)13-4-11-7(12-13)6(9)15/h4-5H,3H2,1-2H3,(H2,9,15)(H,10,14). The topological polar surface area (TPSA) is 85.8 Å². The first-order valence-corrected chi connectivity index (χ1v) is 4.95. The van der Waals surface area contributed by atoms with E-state index in [1.165, 1.54) is 11.0 Å². The van der Waals surface area contributed by atoms with Gasteiger partial charge in [0.15, 0.2) is 0 Å². The number of carbonyl (C=O) groups is 1. The number of amides is 1. The van der Waals surface area contributed by atoms with Gasteiger partial charge in [0, 0.05) is 6.54 Å². The zero-order valence-corrected chi connectivity index (χ0v) is 9.41. The Morgan fingerprint density at radius 1 is 1.80 bits per heavy atom. The molecule has 0 aliphatic rings. The van der Waals surface area contributed by atoms with E-state index in [9.17, 15) is 4.79 Å². The fourth-order valence-corrected chi connectivity index (χ4v) is 1.11. The highest BCUT2D eigenvalue weighted by molar-refractivity contribution is 7.80. The fraction of sp³-hybridized carbons (Fsp3) is 0.500. The number of likely N-dealkylation sites (N-methyl/N-ethyl adjacent to an activating group) is 1. The van der Waals surface area contributed by atoms with Crippen LogP contribution in [0.2, 0.25) is 0 Å². The monoisotopic (exact) mass is 227 g/mol. The molecule has 1 unspecified atom stereocenters. The zero-order valence-electron chi connectivity index (χ0n) is 8.60. The molecule has 0 saturated heterocycles. The second-order valence-corrected chi connectivity index (χ2v) is 3.42. The highest BCUT2D eigenvalue weighted by Gasteiger charge is 2.16. The third-order valence-corrected chi connectivity index (χ3v) is 2.04. The molecule has 7 heteroatoms. The fourth-order valence-electron chi connectivity index (χ4n) is 1.02. The van der Waals surface area contributed by atoms with Crippen molar-refractivity contribution in [2.45, 2.75) is 19.9 Å². The van der Waals surface area contributed by atoms with Crippen LogP contribution >= 0.6 is 12.2 Å². The summed E-state index contributed by atoms with van der Waals surface area (Å²) in [5.41, 5.74) is 5.35. The van der Waals surface area contributed by atoms with Gasteiger partial charge in [0.1, 0.15) is 17.4 Å². The zero-order chi connectivity index (χ0) is 11.4. The Labute approximate surface area is 92.9 Å². The predicted molar refractivity (Wildman–Crippen MR) is 59.3 cm³/mol. The third-order valence-electron chi connectivity index (χ3n) is 1.86. The summed E-state index contributed by atoms with van der Waals surface area (Å²) in [5, 5.41) is 6.68. The first-order valence-electron chi connectivity index (χ1n) is 4.55. The summed E-state index contributed by atoms with van der Waals surface area (Å²) in [5.74, 6) is 0.165. The average Bonchev–Trinajstić information content (AvgIpc) is 2.65. The van der Waals surface area contributed by atoms with Crippen LogP contribution in [0, 0.1) is 0 Å². The number of nitrogens with zero attached hydrogens (tertiary/aromatic N) is 3. The molecule has 1 rings (SSSR count). The van der Waals surface area contributed by atoms with Crippen molar-refractivity contribution in [2.75, 3.05) is 6.54 Å². The van der Waals surface area contributed by atoms with Crippen LogP contribution in [0.25, 0.3) is 0 Å². The van der Waals surface area contributed by atoms with Gasteiger partial charge in [-0.2, -0.15) is 0 Å². The van der Waals surface area contributed by atoms with Gasteiger partial charge < -0.3 is 11.1 Å². The minimum absolute atomic E-state index is 0.114.